The molecule has 2 N–H and O–H groups in total. The molecular formula is C27H40ClN3O5S. The lowest BCUT2D eigenvalue weighted by atomic mass is 9.82. The van der Waals surface area contributed by atoms with Gasteiger partial charge in [0.1, 0.15) is 0 Å². The van der Waals surface area contributed by atoms with Crippen LogP contribution in [0.25, 0.3) is 0 Å². The van der Waals surface area contributed by atoms with E-state index in [0.717, 1.165) is 25.7 Å². The number of aliphatic hydroxyl groups excluding tert-OH is 2. The minimum atomic E-state index is -3.83. The van der Waals surface area contributed by atoms with Gasteiger partial charge in [-0.2, -0.15) is 4.31 Å². The van der Waals surface area contributed by atoms with Crippen LogP contribution in [0.1, 0.15) is 58.8 Å². The molecule has 4 fully saturated rings. The van der Waals surface area contributed by atoms with Crippen LogP contribution in [0.2, 0.25) is 5.02 Å². The summed E-state index contributed by atoms with van der Waals surface area (Å²) >= 11 is 6.04. The van der Waals surface area contributed by atoms with Crippen LogP contribution in [0.5, 0.6) is 0 Å². The van der Waals surface area contributed by atoms with Gasteiger partial charge in [0.05, 0.1) is 17.6 Å². The van der Waals surface area contributed by atoms with Crippen LogP contribution in [0, 0.1) is 11.3 Å². The average molecular weight is 554 g/mol. The summed E-state index contributed by atoms with van der Waals surface area (Å²) in [4.78, 5) is 17.8. The number of halogens is 1. The highest BCUT2D eigenvalue weighted by Gasteiger charge is 2.60. The van der Waals surface area contributed by atoms with E-state index in [1.165, 1.54) is 0 Å². The maximum absolute atomic E-state index is 14.1. The van der Waals surface area contributed by atoms with Gasteiger partial charge in [0.15, 0.2) is 0 Å². The van der Waals surface area contributed by atoms with E-state index in [1.807, 2.05) is 18.7 Å². The number of piperidine rings is 1. The SMILES string of the molecule is CC(C)(CO)N1CCN(C(=O)CC2(C3CC(O)CC(C4CC4)N3S(=O)(=O)c3ccc(Cl)cc3)CC2)CC1. The van der Waals surface area contributed by atoms with Gasteiger partial charge in [0.25, 0.3) is 0 Å². The molecule has 0 aromatic heterocycles. The largest absolute Gasteiger partial charge is 0.394 e. The highest BCUT2D eigenvalue weighted by molar-refractivity contribution is 7.89. The van der Waals surface area contributed by atoms with Gasteiger partial charge in [-0.15, -0.1) is 0 Å². The third-order valence-corrected chi connectivity index (χ3v) is 11.4. The molecule has 2 heterocycles. The number of benzene rings is 1. The maximum Gasteiger partial charge on any atom is 0.243 e. The molecule has 4 aliphatic rings. The Bertz CT molecular complexity index is 1100. The molecule has 8 nitrogen and oxygen atoms in total. The zero-order valence-corrected chi connectivity index (χ0v) is 23.4. The number of sulfonamides is 1. The van der Waals surface area contributed by atoms with Gasteiger partial charge in [0, 0.05) is 55.2 Å². The van der Waals surface area contributed by atoms with E-state index >= 15 is 0 Å². The van der Waals surface area contributed by atoms with Gasteiger partial charge in [-0.05, 0) is 88.0 Å². The average Bonchev–Trinajstić information content (AvgIpc) is 3.79. The molecular weight excluding hydrogens is 514 g/mol. The molecule has 1 amide bonds. The first-order chi connectivity index (χ1) is 17.5. The molecule has 2 saturated heterocycles. The summed E-state index contributed by atoms with van der Waals surface area (Å²) in [5.41, 5.74) is -0.758. The van der Waals surface area contributed by atoms with Crippen molar-refractivity contribution in [2.24, 2.45) is 11.3 Å². The fourth-order valence-electron chi connectivity index (χ4n) is 6.41. The molecule has 0 spiro atoms. The number of nitrogens with zero attached hydrogens (tertiary/aromatic N) is 3. The predicted molar refractivity (Wildman–Crippen MR) is 142 cm³/mol. The van der Waals surface area contributed by atoms with Crippen LogP contribution in [-0.2, 0) is 14.8 Å². The number of aliphatic hydroxyl groups is 2. The molecule has 206 valence electrons. The molecule has 10 heteroatoms. The monoisotopic (exact) mass is 553 g/mol. The van der Waals surface area contributed by atoms with Crippen LogP contribution >= 0.6 is 11.6 Å². The first-order valence-corrected chi connectivity index (χ1v) is 15.4. The van der Waals surface area contributed by atoms with Crippen molar-refractivity contribution < 1.29 is 23.4 Å². The van der Waals surface area contributed by atoms with Gasteiger partial charge >= 0.3 is 0 Å². The second kappa shape index (κ2) is 10.1. The Labute approximate surface area is 225 Å². The topological polar surface area (TPSA) is 101 Å². The molecule has 37 heavy (non-hydrogen) atoms. The molecule has 3 atom stereocenters. The van der Waals surface area contributed by atoms with Crippen LogP contribution in [0.3, 0.4) is 0 Å². The first kappa shape index (κ1) is 27.3. The molecule has 3 unspecified atom stereocenters. The van der Waals surface area contributed by atoms with Gasteiger partial charge in [0.2, 0.25) is 15.9 Å². The molecule has 0 bridgehead atoms. The van der Waals surface area contributed by atoms with E-state index in [2.05, 4.69) is 4.90 Å². The number of hydrogen-bond acceptors (Lipinski definition) is 6. The van der Waals surface area contributed by atoms with Crippen LogP contribution in [-0.4, -0.2) is 95.2 Å². The van der Waals surface area contributed by atoms with Crippen molar-refractivity contribution in [3.8, 4) is 0 Å². The number of amides is 1. The van der Waals surface area contributed by atoms with Gasteiger partial charge in [-0.1, -0.05) is 11.6 Å². The molecule has 2 aliphatic carbocycles. The molecule has 5 rings (SSSR count). The molecule has 2 saturated carbocycles. The normalized spacial score (nSPS) is 29.3. The molecule has 1 aromatic rings. The fraction of sp³-hybridized carbons (Fsp3) is 0.741. The minimum Gasteiger partial charge on any atom is -0.394 e. The van der Waals surface area contributed by atoms with Crippen LogP contribution in [0.15, 0.2) is 29.2 Å². The lowest BCUT2D eigenvalue weighted by Gasteiger charge is -2.47. The zero-order valence-electron chi connectivity index (χ0n) is 21.9. The third kappa shape index (κ3) is 5.45. The Hall–Kier alpha value is -1.23. The summed E-state index contributed by atoms with van der Waals surface area (Å²) in [6.45, 7) is 6.68. The quantitative estimate of drug-likeness (QED) is 0.513. The van der Waals surface area contributed by atoms with Crippen molar-refractivity contribution in [3.05, 3.63) is 29.3 Å². The summed E-state index contributed by atoms with van der Waals surface area (Å²) in [7, 11) is -3.83. The van der Waals surface area contributed by atoms with Crippen molar-refractivity contribution in [2.75, 3.05) is 32.8 Å². The number of rotatable bonds is 8. The molecule has 1 aromatic carbocycles. The highest BCUT2D eigenvalue weighted by Crippen LogP contribution is 2.58. The number of hydrogen-bond donors (Lipinski definition) is 2. The van der Waals surface area contributed by atoms with Crippen molar-refractivity contribution in [1.29, 1.82) is 0 Å². The lowest BCUT2D eigenvalue weighted by Crippen LogP contribution is -2.59. The third-order valence-electron chi connectivity index (χ3n) is 9.18. The van der Waals surface area contributed by atoms with Crippen molar-refractivity contribution in [1.82, 2.24) is 14.1 Å². The molecule has 2 aliphatic heterocycles. The first-order valence-electron chi connectivity index (χ1n) is 13.6. The summed E-state index contributed by atoms with van der Waals surface area (Å²) in [6.07, 6.45) is 4.06. The van der Waals surface area contributed by atoms with Gasteiger partial charge in [-0.25, -0.2) is 8.42 Å². The smallest absolute Gasteiger partial charge is 0.243 e. The number of carbonyl (C=O) groups excluding carboxylic acids is 1. The zero-order chi connectivity index (χ0) is 26.6. The summed E-state index contributed by atoms with van der Waals surface area (Å²) in [5, 5.41) is 21.0. The minimum absolute atomic E-state index is 0.0610. The van der Waals surface area contributed by atoms with E-state index in [0.29, 0.717) is 50.5 Å². The van der Waals surface area contributed by atoms with E-state index in [-0.39, 0.29) is 34.9 Å². The lowest BCUT2D eigenvalue weighted by molar-refractivity contribution is -0.136. The Kier molecular flexibility index (Phi) is 7.44. The van der Waals surface area contributed by atoms with Crippen molar-refractivity contribution in [3.63, 3.8) is 0 Å². The van der Waals surface area contributed by atoms with E-state index in [1.54, 1.807) is 28.6 Å². The Morgan fingerprint density at radius 2 is 1.70 bits per heavy atom. The standard InChI is InChI=1S/C27H40ClN3O5S/c1-26(2,18-32)30-13-11-29(12-14-30)25(34)17-27(9-10-27)24-16-21(33)15-23(19-3-4-19)31(24)37(35,36)22-7-5-20(28)6-8-22/h5-8,19,21,23-24,32-33H,3-4,9-18H2,1-2H3. The number of piperazine rings is 1. The van der Waals surface area contributed by atoms with E-state index in [4.69, 9.17) is 11.6 Å². The van der Waals surface area contributed by atoms with Gasteiger partial charge < -0.3 is 15.1 Å². The van der Waals surface area contributed by atoms with Crippen molar-refractivity contribution in [2.45, 2.75) is 87.4 Å². The van der Waals surface area contributed by atoms with Crippen LogP contribution in [0.4, 0.5) is 0 Å². The highest BCUT2D eigenvalue weighted by atomic mass is 35.5. The van der Waals surface area contributed by atoms with Crippen molar-refractivity contribution >= 4 is 27.5 Å². The fourth-order valence-corrected chi connectivity index (χ4v) is 8.52. The maximum atomic E-state index is 14.1. The second-order valence-electron chi connectivity index (χ2n) is 12.2. The summed E-state index contributed by atoms with van der Waals surface area (Å²) < 4.78 is 29.8. The summed E-state index contributed by atoms with van der Waals surface area (Å²) in [5.74, 6) is 0.319. The Balaban J connectivity index is 1.37. The van der Waals surface area contributed by atoms with E-state index in [9.17, 15) is 23.4 Å². The Morgan fingerprint density at radius 1 is 1.08 bits per heavy atom. The van der Waals surface area contributed by atoms with E-state index < -0.39 is 27.6 Å². The Morgan fingerprint density at radius 3 is 2.24 bits per heavy atom. The van der Waals surface area contributed by atoms with Crippen LogP contribution < -0.4 is 0 Å². The molecule has 0 radical (unpaired) electrons. The van der Waals surface area contributed by atoms with Gasteiger partial charge in [-0.3, -0.25) is 9.69 Å². The second-order valence-corrected chi connectivity index (χ2v) is 14.5. The predicted octanol–water partition coefficient (Wildman–Crippen LogP) is 2.72. The number of carbonyl (C=O) groups is 1. The summed E-state index contributed by atoms with van der Waals surface area (Å²) in [6, 6.07) is 5.67.